The number of carbonyl (C=O) groups is 2. The Labute approximate surface area is 120 Å². The third-order valence-corrected chi connectivity index (χ3v) is 2.64. The van der Waals surface area contributed by atoms with Crippen molar-refractivity contribution in [2.45, 2.75) is 40.7 Å². The van der Waals surface area contributed by atoms with Crippen molar-refractivity contribution in [3.8, 4) is 5.75 Å². The summed E-state index contributed by atoms with van der Waals surface area (Å²) in [5.41, 5.74) is 0.0503. The maximum Gasteiger partial charge on any atom is 0.338 e. The number of Topliss-reactive ketones (excluding diaryl/α,β-unsaturated/α-hetero) is 1. The Morgan fingerprint density at radius 3 is 2.10 bits per heavy atom. The van der Waals surface area contributed by atoms with E-state index in [4.69, 9.17) is 9.47 Å². The summed E-state index contributed by atoms with van der Waals surface area (Å²) in [4.78, 5) is 23.4. The van der Waals surface area contributed by atoms with E-state index < -0.39 is 5.41 Å². The molecule has 0 amide bonds. The van der Waals surface area contributed by atoms with Crippen LogP contribution in [0.15, 0.2) is 24.3 Å². The normalized spacial score (nSPS) is 11.3. The number of ketones is 1. The highest BCUT2D eigenvalue weighted by Gasteiger charge is 2.21. The minimum atomic E-state index is -0.416. The summed E-state index contributed by atoms with van der Waals surface area (Å²) in [6, 6.07) is 6.57. The zero-order chi connectivity index (χ0) is 15.3. The molecular weight excluding hydrogens is 256 g/mol. The zero-order valence-corrected chi connectivity index (χ0v) is 12.7. The van der Waals surface area contributed by atoms with Crippen LogP contribution >= 0.6 is 0 Å². The van der Waals surface area contributed by atoms with Crippen molar-refractivity contribution in [2.75, 3.05) is 6.61 Å². The molecule has 0 aromatic heterocycles. The monoisotopic (exact) mass is 278 g/mol. The molecule has 0 spiro atoms. The molecule has 4 nitrogen and oxygen atoms in total. The van der Waals surface area contributed by atoms with Crippen LogP contribution in [-0.2, 0) is 9.53 Å². The van der Waals surface area contributed by atoms with Crippen LogP contribution in [0, 0.1) is 5.41 Å². The van der Waals surface area contributed by atoms with Crippen LogP contribution in [0.5, 0.6) is 5.75 Å². The van der Waals surface area contributed by atoms with E-state index in [1.54, 1.807) is 38.1 Å². The Balaban J connectivity index is 2.59. The topological polar surface area (TPSA) is 52.6 Å². The molecule has 0 radical (unpaired) electrons. The molecule has 1 rings (SSSR count). The van der Waals surface area contributed by atoms with Crippen molar-refractivity contribution in [3.63, 3.8) is 0 Å². The predicted molar refractivity (Wildman–Crippen MR) is 77.0 cm³/mol. The SMILES string of the molecule is CC(C)OC(=O)c1ccc(OCC(=O)C(C)(C)C)cc1. The van der Waals surface area contributed by atoms with E-state index in [1.165, 1.54) is 0 Å². The molecule has 0 saturated heterocycles. The van der Waals surface area contributed by atoms with Crippen molar-refractivity contribution in [1.82, 2.24) is 0 Å². The van der Waals surface area contributed by atoms with Crippen LogP contribution in [0.1, 0.15) is 45.0 Å². The van der Waals surface area contributed by atoms with Gasteiger partial charge in [0.2, 0.25) is 0 Å². The van der Waals surface area contributed by atoms with Gasteiger partial charge < -0.3 is 9.47 Å². The number of benzene rings is 1. The second kappa shape index (κ2) is 6.55. The Morgan fingerprint density at radius 1 is 1.10 bits per heavy atom. The minimum Gasteiger partial charge on any atom is -0.486 e. The molecule has 0 saturated carbocycles. The van der Waals surface area contributed by atoms with Gasteiger partial charge in [-0.25, -0.2) is 4.79 Å². The molecule has 0 bridgehead atoms. The quantitative estimate of drug-likeness (QED) is 0.776. The summed E-state index contributed by atoms with van der Waals surface area (Å²) in [6.45, 7) is 9.18. The van der Waals surface area contributed by atoms with Crippen LogP contribution in [0.25, 0.3) is 0 Å². The van der Waals surface area contributed by atoms with Crippen molar-refractivity contribution in [3.05, 3.63) is 29.8 Å². The van der Waals surface area contributed by atoms with Gasteiger partial charge in [0.05, 0.1) is 11.7 Å². The number of rotatable bonds is 5. The van der Waals surface area contributed by atoms with Crippen molar-refractivity contribution < 1.29 is 19.1 Å². The first kappa shape index (κ1) is 16.2. The van der Waals surface area contributed by atoms with Crippen LogP contribution < -0.4 is 4.74 Å². The van der Waals surface area contributed by atoms with Gasteiger partial charge in [0.25, 0.3) is 0 Å². The largest absolute Gasteiger partial charge is 0.486 e. The highest BCUT2D eigenvalue weighted by Crippen LogP contribution is 2.17. The van der Waals surface area contributed by atoms with Gasteiger partial charge in [-0.2, -0.15) is 0 Å². The van der Waals surface area contributed by atoms with Crippen LogP contribution in [0.2, 0.25) is 0 Å². The number of hydrogen-bond acceptors (Lipinski definition) is 4. The minimum absolute atomic E-state index is 0.0271. The van der Waals surface area contributed by atoms with Crippen molar-refractivity contribution in [1.29, 1.82) is 0 Å². The van der Waals surface area contributed by atoms with Gasteiger partial charge in [0, 0.05) is 5.41 Å². The molecular formula is C16H22O4. The molecule has 0 fully saturated rings. The Hall–Kier alpha value is -1.84. The molecule has 20 heavy (non-hydrogen) atoms. The van der Waals surface area contributed by atoms with Gasteiger partial charge in [-0.3, -0.25) is 4.79 Å². The van der Waals surface area contributed by atoms with Gasteiger partial charge in [-0.05, 0) is 38.1 Å². The fourth-order valence-corrected chi connectivity index (χ4v) is 1.33. The maximum atomic E-state index is 11.7. The summed E-state index contributed by atoms with van der Waals surface area (Å²) >= 11 is 0. The lowest BCUT2D eigenvalue weighted by Gasteiger charge is -2.16. The fraction of sp³-hybridized carbons (Fsp3) is 0.500. The highest BCUT2D eigenvalue weighted by molar-refractivity contribution is 5.89. The summed E-state index contributed by atoms with van der Waals surface area (Å²) in [7, 11) is 0. The predicted octanol–water partition coefficient (Wildman–Crippen LogP) is 3.25. The van der Waals surface area contributed by atoms with Crippen molar-refractivity contribution >= 4 is 11.8 Å². The molecule has 0 N–H and O–H groups in total. The first-order valence-corrected chi connectivity index (χ1v) is 6.67. The lowest BCUT2D eigenvalue weighted by atomic mass is 9.91. The third-order valence-electron chi connectivity index (χ3n) is 2.64. The van der Waals surface area contributed by atoms with Gasteiger partial charge in [-0.15, -0.1) is 0 Å². The molecule has 1 aromatic rings. The van der Waals surface area contributed by atoms with E-state index in [0.29, 0.717) is 11.3 Å². The van der Waals surface area contributed by atoms with Crippen molar-refractivity contribution in [2.24, 2.45) is 5.41 Å². The second-order valence-electron chi connectivity index (χ2n) is 5.94. The average Bonchev–Trinajstić information content (AvgIpc) is 2.34. The molecule has 4 heteroatoms. The van der Waals surface area contributed by atoms with E-state index >= 15 is 0 Å². The number of esters is 1. The van der Waals surface area contributed by atoms with Crippen LogP contribution in [0.3, 0.4) is 0 Å². The highest BCUT2D eigenvalue weighted by atomic mass is 16.5. The molecule has 0 atom stereocenters. The van der Waals surface area contributed by atoms with E-state index in [2.05, 4.69) is 0 Å². The first-order chi connectivity index (χ1) is 9.20. The fourth-order valence-electron chi connectivity index (χ4n) is 1.33. The van der Waals surface area contributed by atoms with Gasteiger partial charge in [0.1, 0.15) is 12.4 Å². The molecule has 110 valence electrons. The Morgan fingerprint density at radius 2 is 1.65 bits per heavy atom. The average molecular weight is 278 g/mol. The summed E-state index contributed by atoms with van der Waals surface area (Å²) in [6.07, 6.45) is -0.150. The first-order valence-electron chi connectivity index (χ1n) is 6.67. The van der Waals surface area contributed by atoms with E-state index in [9.17, 15) is 9.59 Å². The van der Waals surface area contributed by atoms with Crippen LogP contribution in [0.4, 0.5) is 0 Å². The van der Waals surface area contributed by atoms with Gasteiger partial charge >= 0.3 is 5.97 Å². The molecule has 0 aliphatic rings. The molecule has 1 aromatic carbocycles. The van der Waals surface area contributed by atoms with Crippen LogP contribution in [-0.4, -0.2) is 24.5 Å². The lowest BCUT2D eigenvalue weighted by molar-refractivity contribution is -0.128. The molecule has 0 aliphatic carbocycles. The third kappa shape index (κ3) is 5.03. The standard InChI is InChI=1S/C16H22O4/c1-11(2)20-15(18)12-6-8-13(9-7-12)19-10-14(17)16(3,4)5/h6-9,11H,10H2,1-5H3. The summed E-state index contributed by atoms with van der Waals surface area (Å²) < 4.78 is 10.5. The Bertz CT molecular complexity index is 466. The number of carbonyl (C=O) groups excluding carboxylic acids is 2. The zero-order valence-electron chi connectivity index (χ0n) is 12.7. The van der Waals surface area contributed by atoms with Gasteiger partial charge in [0.15, 0.2) is 5.78 Å². The maximum absolute atomic E-state index is 11.7. The number of ether oxygens (including phenoxy) is 2. The smallest absolute Gasteiger partial charge is 0.338 e. The molecule has 0 unspecified atom stereocenters. The Kier molecular flexibility index (Phi) is 5.31. The van der Waals surface area contributed by atoms with E-state index in [1.807, 2.05) is 20.8 Å². The summed E-state index contributed by atoms with van der Waals surface area (Å²) in [5, 5.41) is 0. The number of hydrogen-bond donors (Lipinski definition) is 0. The molecule has 0 aliphatic heterocycles. The molecule has 0 heterocycles. The van der Waals surface area contributed by atoms with E-state index in [0.717, 1.165) is 0 Å². The van der Waals surface area contributed by atoms with Gasteiger partial charge in [-0.1, -0.05) is 20.8 Å². The summed E-state index contributed by atoms with van der Waals surface area (Å²) in [5.74, 6) is 0.224. The second-order valence-corrected chi connectivity index (χ2v) is 5.94. The lowest BCUT2D eigenvalue weighted by Crippen LogP contribution is -2.26. The van der Waals surface area contributed by atoms with E-state index in [-0.39, 0.29) is 24.5 Å².